The highest BCUT2D eigenvalue weighted by Gasteiger charge is 2.54. The molecule has 0 aromatic rings. The highest BCUT2D eigenvalue weighted by atomic mass is 79.9. The Morgan fingerprint density at radius 3 is 2.59 bits per heavy atom. The number of carboxylic acids is 1. The quantitative estimate of drug-likeness (QED) is 0.129. The van der Waals surface area contributed by atoms with E-state index in [1.807, 2.05) is 0 Å². The van der Waals surface area contributed by atoms with Gasteiger partial charge >= 0.3 is 12.1 Å². The van der Waals surface area contributed by atoms with Gasteiger partial charge in [-0.1, -0.05) is 15.9 Å². The van der Waals surface area contributed by atoms with Crippen LogP contribution in [0, 0.1) is 4.91 Å². The van der Waals surface area contributed by atoms with E-state index in [0.717, 1.165) is 16.7 Å². The minimum atomic E-state index is -1.41. The van der Waals surface area contributed by atoms with Crippen LogP contribution in [-0.2, 0) is 19.1 Å². The summed E-state index contributed by atoms with van der Waals surface area (Å²) in [5, 5.41) is 22.6. The average Bonchev–Trinajstić information content (AvgIpc) is 2.63. The first-order valence-corrected chi connectivity index (χ1v) is 9.34. The fourth-order valence-electron chi connectivity index (χ4n) is 2.45. The number of fused-ring (bicyclic) bond motifs is 1. The second kappa shape index (κ2) is 8.39. The summed E-state index contributed by atoms with van der Waals surface area (Å²) < 4.78 is 4.59. The van der Waals surface area contributed by atoms with E-state index in [0.29, 0.717) is 0 Å². The van der Waals surface area contributed by atoms with Gasteiger partial charge in [0.15, 0.2) is 0 Å². The maximum atomic E-state index is 12.4. The number of amides is 3. The van der Waals surface area contributed by atoms with Crippen molar-refractivity contribution in [3.63, 3.8) is 0 Å². The molecule has 1 saturated heterocycles. The molecule has 0 radical (unpaired) electrons. The number of carbonyl (C=O) groups is 4. The van der Waals surface area contributed by atoms with E-state index in [-0.39, 0.29) is 22.4 Å². The number of allylic oxidation sites excluding steroid dienone is 1. The lowest BCUT2D eigenvalue weighted by Gasteiger charge is -2.49. The molecule has 3 amide bonds. The highest BCUT2D eigenvalue weighted by Crippen LogP contribution is 2.40. The number of aliphatic carboxylic acids is 1. The number of hydrogen-bond donors (Lipinski definition) is 4. The number of hydrogen-bond acceptors (Lipinski definition) is 9. The second-order valence-corrected chi connectivity index (χ2v) is 6.91. The minimum Gasteiger partial charge on any atom is -0.509 e. The van der Waals surface area contributed by atoms with Crippen molar-refractivity contribution in [2.75, 3.05) is 17.7 Å². The Kier molecular flexibility index (Phi) is 6.43. The number of nitrogens with zero attached hydrogens (tertiary/aromatic N) is 2. The Morgan fingerprint density at radius 1 is 1.41 bits per heavy atom. The molecule has 14 heteroatoms. The van der Waals surface area contributed by atoms with Gasteiger partial charge in [-0.05, 0) is 5.18 Å². The molecule has 2 aliphatic rings. The summed E-state index contributed by atoms with van der Waals surface area (Å²) in [4.78, 5) is 58.3. The number of ether oxygens (including phenoxy) is 1. The normalized spacial score (nSPS) is 22.3. The fraction of sp³-hybridized carbons (Fsp3) is 0.385. The van der Waals surface area contributed by atoms with Gasteiger partial charge in [0.2, 0.25) is 5.70 Å². The zero-order chi connectivity index (χ0) is 20.3. The van der Waals surface area contributed by atoms with Crippen LogP contribution in [0.3, 0.4) is 0 Å². The third kappa shape index (κ3) is 4.05. The van der Waals surface area contributed by atoms with E-state index in [4.69, 9.17) is 5.73 Å². The van der Waals surface area contributed by atoms with Crippen molar-refractivity contribution in [3.8, 4) is 0 Å². The molecule has 0 aliphatic carbocycles. The van der Waals surface area contributed by atoms with Crippen LogP contribution < -0.4 is 11.1 Å². The third-order valence-corrected chi connectivity index (χ3v) is 5.50. The van der Waals surface area contributed by atoms with E-state index in [2.05, 4.69) is 31.2 Å². The Hall–Kier alpha value is -2.61. The number of β-lactam (4-membered cyclic amide) rings is 1. The number of nitrogens with two attached hydrogens (primary N) is 1. The van der Waals surface area contributed by atoms with Crippen LogP contribution in [0.4, 0.5) is 4.79 Å². The Morgan fingerprint density at radius 2 is 2.07 bits per heavy atom. The van der Waals surface area contributed by atoms with Crippen LogP contribution in [0.15, 0.2) is 27.9 Å². The molecule has 0 aromatic carbocycles. The molecule has 0 spiro atoms. The van der Waals surface area contributed by atoms with Crippen LogP contribution in [0.5, 0.6) is 0 Å². The van der Waals surface area contributed by atoms with E-state index < -0.39 is 53.4 Å². The van der Waals surface area contributed by atoms with Gasteiger partial charge in [-0.25, -0.2) is 9.59 Å². The van der Waals surface area contributed by atoms with Crippen molar-refractivity contribution in [3.05, 3.63) is 27.6 Å². The number of carboxylic acid groups (broad SMARTS) is 1. The highest BCUT2D eigenvalue weighted by molar-refractivity contribution is 9.09. The standard InChI is InChI=1S/C13H13BrN4O8S/c14-1-5(19)6(17-25)9(20)16-7-10(21)18-8(12(22)23)4(2-26-13(15)24)3-27-11(7)18/h7,11,19H,1-3H2,(H2,15,24)(H,16,20)(H,22,23)/t7?,11-/m1/s1. The first kappa shape index (κ1) is 20.7. The summed E-state index contributed by atoms with van der Waals surface area (Å²) in [6.07, 6.45) is -1.09. The zero-order valence-corrected chi connectivity index (χ0v) is 15.8. The molecule has 0 saturated carbocycles. The number of primary amides is 1. The van der Waals surface area contributed by atoms with Crippen molar-refractivity contribution < 1.29 is 34.1 Å². The number of aliphatic hydroxyl groups excluding tert-OH is 1. The predicted octanol–water partition coefficient (Wildman–Crippen LogP) is -0.249. The average molecular weight is 465 g/mol. The molecule has 0 aromatic heterocycles. The van der Waals surface area contributed by atoms with E-state index in [9.17, 15) is 34.3 Å². The first-order valence-electron chi connectivity index (χ1n) is 7.17. The molecule has 2 atom stereocenters. The summed E-state index contributed by atoms with van der Waals surface area (Å²) in [6.45, 7) is -0.390. The molecule has 1 unspecified atom stereocenters. The molecule has 12 nitrogen and oxygen atoms in total. The lowest BCUT2D eigenvalue weighted by atomic mass is 10.0. The number of thioether (sulfide) groups is 1. The Balaban J connectivity index is 2.20. The summed E-state index contributed by atoms with van der Waals surface area (Å²) in [7, 11) is 0. The number of halogens is 1. The third-order valence-electron chi connectivity index (χ3n) is 3.63. The molecular formula is C13H13BrN4O8S. The van der Waals surface area contributed by atoms with Gasteiger partial charge in [-0.2, -0.15) is 0 Å². The molecule has 146 valence electrons. The topological polar surface area (TPSA) is 189 Å². The minimum absolute atomic E-state index is 0.108. The summed E-state index contributed by atoms with van der Waals surface area (Å²) in [6, 6.07) is -1.12. The molecule has 27 heavy (non-hydrogen) atoms. The van der Waals surface area contributed by atoms with Gasteiger partial charge in [0.05, 0.1) is 5.33 Å². The first-order chi connectivity index (χ1) is 12.7. The van der Waals surface area contributed by atoms with Crippen LogP contribution >= 0.6 is 27.7 Å². The predicted molar refractivity (Wildman–Crippen MR) is 94.5 cm³/mol. The maximum Gasteiger partial charge on any atom is 0.404 e. The second-order valence-electron chi connectivity index (χ2n) is 5.25. The van der Waals surface area contributed by atoms with Gasteiger partial charge in [-0.3, -0.25) is 14.5 Å². The van der Waals surface area contributed by atoms with Crippen LogP contribution in [0.1, 0.15) is 0 Å². The number of nitrogens with one attached hydrogen (secondary N) is 1. The molecule has 5 N–H and O–H groups in total. The summed E-state index contributed by atoms with van der Waals surface area (Å²) >= 11 is 3.98. The monoisotopic (exact) mass is 464 g/mol. The SMILES string of the molecule is NC(=O)OCC1=C(C(=O)O)N2C(=O)C(NC(=O)C(N=O)=C(O)CBr)[C@H]2SC1. The van der Waals surface area contributed by atoms with Gasteiger partial charge < -0.3 is 26.0 Å². The van der Waals surface area contributed by atoms with Crippen molar-refractivity contribution in [1.82, 2.24) is 10.2 Å². The van der Waals surface area contributed by atoms with Gasteiger partial charge in [0.25, 0.3) is 11.8 Å². The van der Waals surface area contributed by atoms with E-state index in [1.54, 1.807) is 0 Å². The number of nitroso groups, excluding NO2 is 1. The van der Waals surface area contributed by atoms with E-state index in [1.165, 1.54) is 0 Å². The molecule has 2 aliphatic heterocycles. The maximum absolute atomic E-state index is 12.4. The van der Waals surface area contributed by atoms with E-state index >= 15 is 0 Å². The summed E-state index contributed by atoms with van der Waals surface area (Å²) in [5.41, 5.74) is 3.89. The largest absolute Gasteiger partial charge is 0.509 e. The Bertz CT molecular complexity index is 782. The zero-order valence-electron chi connectivity index (χ0n) is 13.4. The number of rotatable bonds is 7. The van der Waals surface area contributed by atoms with Crippen LogP contribution in [0.25, 0.3) is 0 Å². The lowest BCUT2D eigenvalue weighted by Crippen LogP contribution is -2.70. The smallest absolute Gasteiger partial charge is 0.404 e. The number of alkyl halides is 1. The van der Waals surface area contributed by atoms with Gasteiger partial charge in [-0.15, -0.1) is 16.7 Å². The number of carbonyl (C=O) groups excluding carboxylic acids is 3. The van der Waals surface area contributed by atoms with Crippen molar-refractivity contribution in [2.45, 2.75) is 11.4 Å². The summed E-state index contributed by atoms with van der Waals surface area (Å²) in [5.74, 6) is -3.72. The molecule has 1 fully saturated rings. The van der Waals surface area contributed by atoms with Gasteiger partial charge in [0, 0.05) is 11.3 Å². The Labute approximate surface area is 163 Å². The number of aliphatic hydroxyl groups is 1. The van der Waals surface area contributed by atoms with Gasteiger partial charge in [0.1, 0.15) is 29.5 Å². The molecule has 0 bridgehead atoms. The lowest BCUT2D eigenvalue weighted by molar-refractivity contribution is -0.150. The van der Waals surface area contributed by atoms with Crippen molar-refractivity contribution >= 4 is 51.6 Å². The molecule has 2 heterocycles. The fourth-order valence-corrected chi connectivity index (χ4v) is 4.04. The van der Waals surface area contributed by atoms with Crippen LogP contribution in [0.2, 0.25) is 0 Å². The van der Waals surface area contributed by atoms with Crippen molar-refractivity contribution in [2.24, 2.45) is 10.9 Å². The molecule has 2 rings (SSSR count). The van der Waals surface area contributed by atoms with Crippen LogP contribution in [-0.4, -0.2) is 68.1 Å². The van der Waals surface area contributed by atoms with Crippen molar-refractivity contribution in [1.29, 1.82) is 0 Å². The molecular weight excluding hydrogens is 452 g/mol.